The third-order valence-corrected chi connectivity index (χ3v) is 2.97. The number of anilines is 1. The van der Waals surface area contributed by atoms with E-state index in [2.05, 4.69) is 20.3 Å². The van der Waals surface area contributed by atoms with Gasteiger partial charge in [0.1, 0.15) is 17.2 Å². The fourth-order valence-corrected chi connectivity index (χ4v) is 1.90. The van der Waals surface area contributed by atoms with Crippen LogP contribution in [-0.4, -0.2) is 15.0 Å². The van der Waals surface area contributed by atoms with Gasteiger partial charge < -0.3 is 5.32 Å². The van der Waals surface area contributed by atoms with Crippen LogP contribution in [-0.2, 0) is 6.54 Å². The predicted molar refractivity (Wildman–Crippen MR) is 75.8 cm³/mol. The Bertz CT molecular complexity index is 841. The van der Waals surface area contributed by atoms with E-state index in [9.17, 15) is 4.39 Å². The Kier molecular flexibility index (Phi) is 3.39. The molecule has 3 rings (SSSR count). The zero-order valence-electron chi connectivity index (χ0n) is 10.9. The topological polar surface area (TPSA) is 74.5 Å². The number of hydrogen-bond donors (Lipinski definition) is 1. The Morgan fingerprint density at radius 1 is 1.14 bits per heavy atom. The van der Waals surface area contributed by atoms with E-state index in [0.29, 0.717) is 28.1 Å². The molecule has 0 saturated heterocycles. The van der Waals surface area contributed by atoms with Crippen molar-refractivity contribution in [2.75, 3.05) is 5.32 Å². The molecule has 21 heavy (non-hydrogen) atoms. The van der Waals surface area contributed by atoms with E-state index in [1.54, 1.807) is 36.7 Å². The molecule has 2 heterocycles. The first-order valence-corrected chi connectivity index (χ1v) is 6.26. The van der Waals surface area contributed by atoms with Crippen molar-refractivity contribution in [3.63, 3.8) is 0 Å². The number of nitrogens with one attached hydrogen (secondary N) is 1. The second kappa shape index (κ2) is 5.51. The summed E-state index contributed by atoms with van der Waals surface area (Å²) in [6.07, 6.45) is 3.17. The first kappa shape index (κ1) is 12.9. The van der Waals surface area contributed by atoms with E-state index in [1.165, 1.54) is 6.07 Å². The van der Waals surface area contributed by atoms with Crippen molar-refractivity contribution in [1.29, 1.82) is 5.26 Å². The second-order valence-corrected chi connectivity index (χ2v) is 4.37. The van der Waals surface area contributed by atoms with Gasteiger partial charge >= 0.3 is 0 Å². The average molecular weight is 279 g/mol. The van der Waals surface area contributed by atoms with E-state index in [0.717, 1.165) is 0 Å². The van der Waals surface area contributed by atoms with E-state index in [-0.39, 0.29) is 6.54 Å². The Hall–Kier alpha value is -3.07. The van der Waals surface area contributed by atoms with Crippen molar-refractivity contribution in [2.24, 2.45) is 0 Å². The van der Waals surface area contributed by atoms with Gasteiger partial charge in [-0.05, 0) is 24.3 Å². The van der Waals surface area contributed by atoms with Gasteiger partial charge in [-0.1, -0.05) is 6.07 Å². The highest BCUT2D eigenvalue weighted by atomic mass is 19.1. The standard InChI is InChI=1S/C15H10FN5/c16-12-7-10(8-17)1-2-11(12)9-20-14-4-3-13-15(21-14)19-6-5-18-13/h1-7H,9H2,(H,19,20,21). The molecule has 0 fully saturated rings. The van der Waals surface area contributed by atoms with Crippen LogP contribution in [0.5, 0.6) is 0 Å². The van der Waals surface area contributed by atoms with E-state index >= 15 is 0 Å². The highest BCUT2D eigenvalue weighted by Gasteiger charge is 2.05. The lowest BCUT2D eigenvalue weighted by Gasteiger charge is -2.07. The summed E-state index contributed by atoms with van der Waals surface area (Å²) in [5.74, 6) is 0.175. The predicted octanol–water partition coefficient (Wildman–Crippen LogP) is 2.65. The van der Waals surface area contributed by atoms with Crippen LogP contribution < -0.4 is 5.32 Å². The number of nitriles is 1. The number of rotatable bonds is 3. The Morgan fingerprint density at radius 3 is 2.81 bits per heavy atom. The quantitative estimate of drug-likeness (QED) is 0.797. The molecule has 0 amide bonds. The zero-order chi connectivity index (χ0) is 14.7. The van der Waals surface area contributed by atoms with Gasteiger partial charge in [-0.15, -0.1) is 0 Å². The molecule has 0 aliphatic carbocycles. The smallest absolute Gasteiger partial charge is 0.180 e. The van der Waals surface area contributed by atoms with Crippen LogP contribution in [0.15, 0.2) is 42.7 Å². The number of hydrogen-bond acceptors (Lipinski definition) is 5. The fraction of sp³-hybridized carbons (Fsp3) is 0.0667. The second-order valence-electron chi connectivity index (χ2n) is 4.37. The maximum Gasteiger partial charge on any atom is 0.180 e. The number of nitrogens with zero attached hydrogens (tertiary/aromatic N) is 4. The molecule has 0 spiro atoms. The number of halogens is 1. The minimum absolute atomic E-state index is 0.274. The van der Waals surface area contributed by atoms with Crippen LogP contribution in [0.4, 0.5) is 10.2 Å². The fourth-order valence-electron chi connectivity index (χ4n) is 1.90. The summed E-state index contributed by atoms with van der Waals surface area (Å²) < 4.78 is 13.8. The summed E-state index contributed by atoms with van der Waals surface area (Å²) in [7, 11) is 0. The summed E-state index contributed by atoms with van der Waals surface area (Å²) in [5, 5.41) is 11.7. The molecule has 1 N–H and O–H groups in total. The molecule has 0 aliphatic rings. The normalized spacial score (nSPS) is 10.3. The number of benzene rings is 1. The molecule has 3 aromatic rings. The third kappa shape index (κ3) is 2.77. The van der Waals surface area contributed by atoms with Gasteiger partial charge in [-0.2, -0.15) is 5.26 Å². The molecule has 0 atom stereocenters. The molecule has 0 bridgehead atoms. The van der Waals surface area contributed by atoms with Gasteiger partial charge in [0.05, 0.1) is 11.6 Å². The Morgan fingerprint density at radius 2 is 2.00 bits per heavy atom. The highest BCUT2D eigenvalue weighted by molar-refractivity contribution is 5.71. The minimum atomic E-state index is -0.415. The summed E-state index contributed by atoms with van der Waals surface area (Å²) in [6.45, 7) is 0.274. The van der Waals surface area contributed by atoms with Crippen molar-refractivity contribution in [3.8, 4) is 6.07 Å². The number of pyridine rings is 1. The first-order chi connectivity index (χ1) is 10.3. The lowest BCUT2D eigenvalue weighted by atomic mass is 10.1. The van der Waals surface area contributed by atoms with Gasteiger partial charge in [0.2, 0.25) is 0 Å². The van der Waals surface area contributed by atoms with Crippen molar-refractivity contribution < 1.29 is 4.39 Å². The molecule has 102 valence electrons. The molecule has 6 heteroatoms. The van der Waals surface area contributed by atoms with E-state index < -0.39 is 5.82 Å². The maximum atomic E-state index is 13.8. The van der Waals surface area contributed by atoms with Gasteiger partial charge in [0.15, 0.2) is 5.65 Å². The van der Waals surface area contributed by atoms with Crippen molar-refractivity contribution in [3.05, 3.63) is 59.7 Å². The van der Waals surface area contributed by atoms with Gasteiger partial charge in [-0.25, -0.2) is 14.4 Å². The largest absolute Gasteiger partial charge is 0.366 e. The van der Waals surface area contributed by atoms with Crippen molar-refractivity contribution in [2.45, 2.75) is 6.54 Å². The first-order valence-electron chi connectivity index (χ1n) is 6.26. The molecular formula is C15H10FN5. The van der Waals surface area contributed by atoms with E-state index in [4.69, 9.17) is 5.26 Å². The monoisotopic (exact) mass is 279 g/mol. The highest BCUT2D eigenvalue weighted by Crippen LogP contribution is 2.14. The molecule has 2 aromatic heterocycles. The van der Waals surface area contributed by atoms with Crippen LogP contribution in [0.25, 0.3) is 11.2 Å². The van der Waals surface area contributed by atoms with Crippen LogP contribution in [0.1, 0.15) is 11.1 Å². The van der Waals surface area contributed by atoms with Crippen molar-refractivity contribution >= 4 is 17.0 Å². The SMILES string of the molecule is N#Cc1ccc(CNc2ccc3nccnc3n2)c(F)c1. The molecule has 0 aliphatic heterocycles. The van der Waals surface area contributed by atoms with Crippen LogP contribution in [0.2, 0.25) is 0 Å². The molecular weight excluding hydrogens is 269 g/mol. The Labute approximate surface area is 120 Å². The summed E-state index contributed by atoms with van der Waals surface area (Å²) in [4.78, 5) is 12.5. The van der Waals surface area contributed by atoms with Crippen LogP contribution in [0, 0.1) is 17.1 Å². The maximum absolute atomic E-state index is 13.8. The number of fused-ring (bicyclic) bond motifs is 1. The molecule has 1 aromatic carbocycles. The van der Waals surface area contributed by atoms with E-state index in [1.807, 2.05) is 6.07 Å². The molecule has 0 radical (unpaired) electrons. The van der Waals surface area contributed by atoms with Gasteiger partial charge in [0.25, 0.3) is 0 Å². The van der Waals surface area contributed by atoms with Crippen LogP contribution in [0.3, 0.4) is 0 Å². The lowest BCUT2D eigenvalue weighted by Crippen LogP contribution is -2.04. The summed E-state index contributed by atoms with van der Waals surface area (Å²) in [6, 6.07) is 9.85. The van der Waals surface area contributed by atoms with Gasteiger partial charge in [-0.3, -0.25) is 4.98 Å². The van der Waals surface area contributed by atoms with Gasteiger partial charge in [0, 0.05) is 24.5 Å². The lowest BCUT2D eigenvalue weighted by molar-refractivity contribution is 0.612. The molecule has 0 saturated carbocycles. The molecule has 5 nitrogen and oxygen atoms in total. The third-order valence-electron chi connectivity index (χ3n) is 2.97. The minimum Gasteiger partial charge on any atom is -0.366 e. The summed E-state index contributed by atoms with van der Waals surface area (Å²) in [5.41, 5.74) is 2.00. The van der Waals surface area contributed by atoms with Crippen molar-refractivity contribution in [1.82, 2.24) is 15.0 Å². The Balaban J connectivity index is 1.78. The van der Waals surface area contributed by atoms with Crippen LogP contribution >= 0.6 is 0 Å². The summed E-state index contributed by atoms with van der Waals surface area (Å²) >= 11 is 0. The zero-order valence-corrected chi connectivity index (χ0v) is 10.9. The molecule has 0 unspecified atom stereocenters. The average Bonchev–Trinajstić information content (AvgIpc) is 2.53. The number of aromatic nitrogens is 3.